The average molecular weight is 684 g/mol. The highest BCUT2D eigenvalue weighted by molar-refractivity contribution is 8.00. The number of benzene rings is 4. The van der Waals surface area contributed by atoms with Crippen molar-refractivity contribution in [3.63, 3.8) is 0 Å². The second-order valence-electron chi connectivity index (χ2n) is 10.7. The van der Waals surface area contributed by atoms with Crippen molar-refractivity contribution in [1.82, 2.24) is 10.2 Å². The van der Waals surface area contributed by atoms with Crippen LogP contribution in [0.4, 0.5) is 5.13 Å². The van der Waals surface area contributed by atoms with Crippen molar-refractivity contribution in [2.75, 3.05) is 11.5 Å². The molecular formula is C36H30ClN3O5S2. The van der Waals surface area contributed by atoms with Gasteiger partial charge in [0.25, 0.3) is 5.78 Å². The molecule has 0 saturated carbocycles. The lowest BCUT2D eigenvalue weighted by Crippen LogP contribution is -2.29. The van der Waals surface area contributed by atoms with Crippen molar-refractivity contribution in [3.8, 4) is 11.5 Å². The molecule has 6 rings (SSSR count). The molecule has 11 heteroatoms. The van der Waals surface area contributed by atoms with Crippen LogP contribution < -0.4 is 14.4 Å². The zero-order chi connectivity index (χ0) is 32.9. The fraction of sp³-hybridized carbons (Fsp3) is 0.167. The van der Waals surface area contributed by atoms with Crippen LogP contribution in [0, 0.1) is 6.92 Å². The van der Waals surface area contributed by atoms with E-state index in [1.165, 1.54) is 33.6 Å². The number of rotatable bonds is 11. The molecule has 1 fully saturated rings. The number of ether oxygens (including phenoxy) is 2. The molecule has 2 heterocycles. The van der Waals surface area contributed by atoms with Gasteiger partial charge >= 0.3 is 5.91 Å². The number of anilines is 1. The van der Waals surface area contributed by atoms with E-state index in [2.05, 4.69) is 34.5 Å². The molecule has 47 heavy (non-hydrogen) atoms. The largest absolute Gasteiger partial charge is 0.507 e. The summed E-state index contributed by atoms with van der Waals surface area (Å²) in [7, 11) is 0. The first-order chi connectivity index (χ1) is 22.8. The van der Waals surface area contributed by atoms with Gasteiger partial charge in [0.2, 0.25) is 5.13 Å². The molecule has 8 nitrogen and oxygen atoms in total. The predicted molar refractivity (Wildman–Crippen MR) is 185 cm³/mol. The van der Waals surface area contributed by atoms with Crippen LogP contribution in [0.15, 0.2) is 107 Å². The number of thioether (sulfide) groups is 1. The topological polar surface area (TPSA) is 102 Å². The number of aromatic nitrogens is 2. The van der Waals surface area contributed by atoms with E-state index in [4.69, 9.17) is 21.1 Å². The van der Waals surface area contributed by atoms with Gasteiger partial charge in [-0.05, 0) is 66.9 Å². The van der Waals surface area contributed by atoms with Gasteiger partial charge in [0, 0.05) is 16.3 Å². The zero-order valence-corrected chi connectivity index (χ0v) is 27.9. The number of hydrogen-bond donors (Lipinski definition) is 1. The molecule has 1 unspecified atom stereocenters. The van der Waals surface area contributed by atoms with Gasteiger partial charge in [-0.25, -0.2) is 0 Å². The minimum absolute atomic E-state index is 0.0817. The van der Waals surface area contributed by atoms with Crippen LogP contribution >= 0.6 is 34.7 Å². The molecule has 1 aromatic heterocycles. The lowest BCUT2D eigenvalue weighted by molar-refractivity contribution is -0.132. The molecule has 1 aliphatic rings. The fourth-order valence-corrected chi connectivity index (χ4v) is 7.06. The maximum atomic E-state index is 13.7. The number of aryl methyl sites for hydroxylation is 1. The highest BCUT2D eigenvalue weighted by Crippen LogP contribution is 2.46. The Morgan fingerprint density at radius 2 is 1.66 bits per heavy atom. The molecule has 238 valence electrons. The second-order valence-corrected chi connectivity index (χ2v) is 13.3. The summed E-state index contributed by atoms with van der Waals surface area (Å²) in [6.45, 7) is 4.57. The summed E-state index contributed by atoms with van der Waals surface area (Å²) in [5.74, 6) is -0.388. The molecule has 0 bridgehead atoms. The van der Waals surface area contributed by atoms with Gasteiger partial charge in [0.15, 0.2) is 15.8 Å². The summed E-state index contributed by atoms with van der Waals surface area (Å²) >= 11 is 8.78. The number of aliphatic hydroxyl groups is 1. The van der Waals surface area contributed by atoms with Gasteiger partial charge < -0.3 is 14.6 Å². The highest BCUT2D eigenvalue weighted by Gasteiger charge is 2.48. The van der Waals surface area contributed by atoms with E-state index in [9.17, 15) is 14.7 Å². The summed E-state index contributed by atoms with van der Waals surface area (Å²) < 4.78 is 12.7. The van der Waals surface area contributed by atoms with E-state index >= 15 is 0 Å². The molecular weight excluding hydrogens is 654 g/mol. The van der Waals surface area contributed by atoms with E-state index in [0.29, 0.717) is 51.0 Å². The van der Waals surface area contributed by atoms with Gasteiger partial charge in [0.1, 0.15) is 12.4 Å². The number of nitrogens with zero attached hydrogens (tertiary/aromatic N) is 3. The SMILES string of the molecule is CCOc1cc(C2C(=C(O)c3ccc(Cl)cc3)C(=O)C(=O)N2c2nnc(SCc3ccc(C)cc3)s2)ccc1OCc1ccccc1. The first-order valence-corrected chi connectivity index (χ1v) is 17.0. The Morgan fingerprint density at radius 3 is 2.38 bits per heavy atom. The number of amides is 1. The van der Waals surface area contributed by atoms with E-state index < -0.39 is 17.7 Å². The number of ketones is 1. The van der Waals surface area contributed by atoms with Crippen molar-refractivity contribution < 1.29 is 24.2 Å². The van der Waals surface area contributed by atoms with Crippen molar-refractivity contribution in [2.45, 2.75) is 36.6 Å². The van der Waals surface area contributed by atoms with Gasteiger partial charge in [-0.1, -0.05) is 101 Å². The first kappa shape index (κ1) is 32.3. The minimum atomic E-state index is -1.02. The van der Waals surface area contributed by atoms with Crippen molar-refractivity contribution >= 4 is 57.3 Å². The average Bonchev–Trinajstić information content (AvgIpc) is 3.66. The molecule has 1 atom stereocenters. The Balaban J connectivity index is 1.39. The second kappa shape index (κ2) is 14.4. The standard InChI is InChI=1S/C36H30ClN3O5S2/c1-3-44-29-19-26(15-18-28(29)45-20-23-7-5-4-6-8-23)31-30(32(41)25-13-16-27(37)17-14-25)33(42)34(43)40(31)35-38-39-36(47-35)46-21-24-11-9-22(2)10-12-24/h4-19,31,41H,3,20-21H2,1-2H3. The number of hydrogen-bond acceptors (Lipinski definition) is 9. The molecule has 4 aromatic carbocycles. The number of halogens is 1. The highest BCUT2D eigenvalue weighted by atomic mass is 35.5. The van der Waals surface area contributed by atoms with E-state index in [0.717, 1.165) is 11.1 Å². The normalized spacial score (nSPS) is 15.6. The van der Waals surface area contributed by atoms with Crippen molar-refractivity contribution in [2.24, 2.45) is 0 Å². The van der Waals surface area contributed by atoms with Crippen LogP contribution in [0.3, 0.4) is 0 Å². The monoisotopic (exact) mass is 683 g/mol. The van der Waals surface area contributed by atoms with Crippen LogP contribution in [-0.4, -0.2) is 33.6 Å². The lowest BCUT2D eigenvalue weighted by Gasteiger charge is -2.23. The number of Topliss-reactive ketones (excluding diaryl/α,β-unsaturated/α-hetero) is 1. The molecule has 1 saturated heterocycles. The fourth-order valence-electron chi connectivity index (χ4n) is 5.11. The molecule has 1 amide bonds. The Bertz CT molecular complexity index is 1930. The van der Waals surface area contributed by atoms with Gasteiger partial charge in [-0.2, -0.15) is 0 Å². The van der Waals surface area contributed by atoms with Crippen LogP contribution in [0.25, 0.3) is 5.76 Å². The number of carbonyl (C=O) groups is 2. The molecule has 1 aliphatic heterocycles. The zero-order valence-electron chi connectivity index (χ0n) is 25.6. The third kappa shape index (κ3) is 7.20. The Hall–Kier alpha value is -4.64. The van der Waals surface area contributed by atoms with Crippen LogP contribution in [0.5, 0.6) is 11.5 Å². The maximum absolute atomic E-state index is 13.7. The predicted octanol–water partition coefficient (Wildman–Crippen LogP) is 8.40. The first-order valence-electron chi connectivity index (χ1n) is 14.8. The third-order valence-corrected chi connectivity index (χ3v) is 9.85. The summed E-state index contributed by atoms with van der Waals surface area (Å²) in [5, 5.41) is 20.9. The smallest absolute Gasteiger partial charge is 0.301 e. The van der Waals surface area contributed by atoms with Crippen LogP contribution in [0.2, 0.25) is 5.02 Å². The summed E-state index contributed by atoms with van der Waals surface area (Å²) in [6.07, 6.45) is 0. The van der Waals surface area contributed by atoms with E-state index in [1.807, 2.05) is 44.2 Å². The lowest BCUT2D eigenvalue weighted by atomic mass is 9.95. The van der Waals surface area contributed by atoms with Gasteiger partial charge in [0.05, 0.1) is 18.2 Å². The minimum Gasteiger partial charge on any atom is -0.507 e. The number of aliphatic hydroxyl groups excluding tert-OH is 1. The van der Waals surface area contributed by atoms with Gasteiger partial charge in [-0.15, -0.1) is 10.2 Å². The summed E-state index contributed by atoms with van der Waals surface area (Å²) in [5.41, 5.74) is 4.08. The number of carbonyl (C=O) groups excluding carboxylic acids is 2. The molecule has 1 N–H and O–H groups in total. The summed E-state index contributed by atoms with van der Waals surface area (Å²) in [4.78, 5) is 28.7. The van der Waals surface area contributed by atoms with Crippen LogP contribution in [-0.2, 0) is 21.9 Å². The molecule has 5 aromatic rings. The van der Waals surface area contributed by atoms with Crippen molar-refractivity contribution in [1.29, 1.82) is 0 Å². The van der Waals surface area contributed by atoms with E-state index in [1.54, 1.807) is 42.5 Å². The quantitative estimate of drug-likeness (QED) is 0.0487. The van der Waals surface area contributed by atoms with Crippen molar-refractivity contribution in [3.05, 3.63) is 135 Å². The Morgan fingerprint density at radius 1 is 0.915 bits per heavy atom. The van der Waals surface area contributed by atoms with Crippen LogP contribution in [0.1, 0.15) is 40.8 Å². The summed E-state index contributed by atoms with van der Waals surface area (Å²) in [6, 6.07) is 28.6. The van der Waals surface area contributed by atoms with E-state index in [-0.39, 0.29) is 16.5 Å². The molecule has 0 aliphatic carbocycles. The maximum Gasteiger partial charge on any atom is 0.301 e. The van der Waals surface area contributed by atoms with Gasteiger partial charge in [-0.3, -0.25) is 14.5 Å². The Labute approximate surface area is 285 Å². The Kier molecular flexibility index (Phi) is 9.91. The third-order valence-electron chi connectivity index (χ3n) is 7.47. The molecule has 0 radical (unpaired) electrons. The molecule has 0 spiro atoms.